The van der Waals surface area contributed by atoms with Crippen molar-refractivity contribution in [3.05, 3.63) is 21.9 Å². The number of aromatic nitrogens is 1. The second-order valence-corrected chi connectivity index (χ2v) is 7.21. The van der Waals surface area contributed by atoms with E-state index in [1.54, 1.807) is 18.3 Å². The lowest BCUT2D eigenvalue weighted by Gasteiger charge is -2.25. The molecule has 0 spiro atoms. The number of hydrogen-bond donors (Lipinski definition) is 1. The van der Waals surface area contributed by atoms with Gasteiger partial charge in [-0.25, -0.2) is 4.98 Å². The van der Waals surface area contributed by atoms with Crippen molar-refractivity contribution in [1.29, 1.82) is 0 Å². The minimum Gasteiger partial charge on any atom is -0.362 e. The number of anilines is 1. The highest BCUT2D eigenvalue weighted by molar-refractivity contribution is 7.17. The molecule has 0 atom stereocenters. The molecule has 0 fully saturated rings. The normalized spacial score (nSPS) is 14.1. The number of nitrogens with one attached hydrogen (secondary N) is 1. The monoisotopic (exact) mass is 321 g/mol. The first kappa shape index (κ1) is 14.5. The topological polar surface area (TPSA) is 45.2 Å². The van der Waals surface area contributed by atoms with Gasteiger partial charge >= 0.3 is 0 Å². The van der Waals surface area contributed by atoms with Gasteiger partial charge in [-0.05, 0) is 24.5 Å². The number of rotatable bonds is 4. The van der Waals surface area contributed by atoms with E-state index in [1.165, 1.54) is 15.3 Å². The molecule has 2 aromatic heterocycles. The Hall–Kier alpha value is -1.40. The van der Waals surface area contributed by atoms with Crippen LogP contribution in [0.25, 0.3) is 10.6 Å². The summed E-state index contributed by atoms with van der Waals surface area (Å²) in [6.45, 7) is 6.33. The first-order valence-corrected chi connectivity index (χ1v) is 8.94. The Labute approximate surface area is 132 Å². The summed E-state index contributed by atoms with van der Waals surface area (Å²) in [6, 6.07) is 2.20. The summed E-state index contributed by atoms with van der Waals surface area (Å²) in [5, 5.41) is 6.43. The molecule has 0 unspecified atom stereocenters. The van der Waals surface area contributed by atoms with Crippen molar-refractivity contribution in [3.63, 3.8) is 0 Å². The molecule has 1 aliphatic heterocycles. The summed E-state index contributed by atoms with van der Waals surface area (Å²) in [5.41, 5.74) is 2.33. The highest BCUT2D eigenvalue weighted by Crippen LogP contribution is 2.36. The van der Waals surface area contributed by atoms with E-state index in [-0.39, 0.29) is 5.91 Å². The standard InChI is InChI=1S/C15H19N3OS2/c1-3-5-16-15-17-12(9-20-15)14-7-11-8-18(10(2)19)6-4-13(11)21-14/h7,9H,3-6,8H2,1-2H3,(H,16,17). The average Bonchev–Trinajstić information content (AvgIpc) is 3.10. The molecule has 3 rings (SSSR count). The zero-order chi connectivity index (χ0) is 14.8. The lowest BCUT2D eigenvalue weighted by molar-refractivity contribution is -0.129. The zero-order valence-electron chi connectivity index (χ0n) is 12.3. The molecule has 4 nitrogen and oxygen atoms in total. The van der Waals surface area contributed by atoms with Gasteiger partial charge in [0, 0.05) is 36.8 Å². The van der Waals surface area contributed by atoms with E-state index in [9.17, 15) is 4.79 Å². The van der Waals surface area contributed by atoms with E-state index in [4.69, 9.17) is 0 Å². The van der Waals surface area contributed by atoms with Crippen LogP contribution in [0.4, 0.5) is 5.13 Å². The summed E-state index contributed by atoms with van der Waals surface area (Å²) in [7, 11) is 0. The van der Waals surface area contributed by atoms with Crippen LogP contribution in [0.1, 0.15) is 30.7 Å². The number of thiophene rings is 1. The van der Waals surface area contributed by atoms with Gasteiger partial charge in [-0.2, -0.15) is 0 Å². The van der Waals surface area contributed by atoms with Gasteiger partial charge in [-0.3, -0.25) is 4.79 Å². The second kappa shape index (κ2) is 6.15. The van der Waals surface area contributed by atoms with Gasteiger partial charge in [0.2, 0.25) is 5.91 Å². The Morgan fingerprint density at radius 1 is 1.52 bits per heavy atom. The van der Waals surface area contributed by atoms with Crippen molar-refractivity contribution in [2.75, 3.05) is 18.4 Å². The van der Waals surface area contributed by atoms with E-state index in [1.807, 2.05) is 16.2 Å². The Morgan fingerprint density at radius 3 is 3.14 bits per heavy atom. The van der Waals surface area contributed by atoms with Crippen LogP contribution in [0.15, 0.2) is 11.4 Å². The van der Waals surface area contributed by atoms with Crippen LogP contribution in [0.3, 0.4) is 0 Å². The minimum atomic E-state index is 0.160. The van der Waals surface area contributed by atoms with Gasteiger partial charge in [0.15, 0.2) is 5.13 Å². The quantitative estimate of drug-likeness (QED) is 0.936. The SMILES string of the molecule is CCCNc1nc(-c2cc3c(s2)CCN(C(C)=O)C3)cs1. The zero-order valence-corrected chi connectivity index (χ0v) is 13.9. The largest absolute Gasteiger partial charge is 0.362 e. The van der Waals surface area contributed by atoms with Gasteiger partial charge < -0.3 is 10.2 Å². The molecule has 0 saturated carbocycles. The van der Waals surface area contributed by atoms with Crippen molar-refractivity contribution < 1.29 is 4.79 Å². The van der Waals surface area contributed by atoms with Gasteiger partial charge in [-0.1, -0.05) is 6.92 Å². The summed E-state index contributed by atoms with van der Waals surface area (Å²) in [4.78, 5) is 20.7. The molecule has 0 radical (unpaired) electrons. The molecule has 0 bridgehead atoms. The molecular formula is C15H19N3OS2. The van der Waals surface area contributed by atoms with E-state index >= 15 is 0 Å². The first-order valence-electron chi connectivity index (χ1n) is 7.24. The Morgan fingerprint density at radius 2 is 2.38 bits per heavy atom. The number of hydrogen-bond acceptors (Lipinski definition) is 5. The number of thiazole rings is 1. The van der Waals surface area contributed by atoms with E-state index < -0.39 is 0 Å². The molecule has 21 heavy (non-hydrogen) atoms. The van der Waals surface area contributed by atoms with Crippen molar-refractivity contribution in [2.24, 2.45) is 0 Å². The lowest BCUT2D eigenvalue weighted by atomic mass is 10.1. The highest BCUT2D eigenvalue weighted by Gasteiger charge is 2.21. The third-order valence-corrected chi connectivity index (χ3v) is 5.65. The van der Waals surface area contributed by atoms with Crippen LogP contribution in [0.2, 0.25) is 0 Å². The molecule has 1 N–H and O–H groups in total. The van der Waals surface area contributed by atoms with Crippen molar-refractivity contribution in [1.82, 2.24) is 9.88 Å². The third-order valence-electron chi connectivity index (χ3n) is 3.59. The van der Waals surface area contributed by atoms with Crippen LogP contribution >= 0.6 is 22.7 Å². The molecule has 6 heteroatoms. The molecule has 1 aliphatic rings. The summed E-state index contributed by atoms with van der Waals surface area (Å²) >= 11 is 3.47. The minimum absolute atomic E-state index is 0.160. The number of amides is 1. The number of nitrogens with zero attached hydrogens (tertiary/aromatic N) is 2. The summed E-state index contributed by atoms with van der Waals surface area (Å²) in [6.07, 6.45) is 2.06. The van der Waals surface area contributed by atoms with E-state index in [0.29, 0.717) is 0 Å². The number of fused-ring (bicyclic) bond motifs is 1. The maximum Gasteiger partial charge on any atom is 0.219 e. The van der Waals surface area contributed by atoms with E-state index in [0.717, 1.165) is 43.3 Å². The first-order chi connectivity index (χ1) is 10.2. The van der Waals surface area contributed by atoms with Crippen LogP contribution < -0.4 is 5.32 Å². The molecule has 0 aromatic carbocycles. The van der Waals surface area contributed by atoms with Gasteiger partial charge in [0.1, 0.15) is 0 Å². The molecule has 0 saturated heterocycles. The predicted molar refractivity (Wildman–Crippen MR) is 89.0 cm³/mol. The Balaban J connectivity index is 1.78. The van der Waals surface area contributed by atoms with Crippen molar-refractivity contribution >= 4 is 33.7 Å². The van der Waals surface area contributed by atoms with Crippen LogP contribution in [0, 0.1) is 0 Å². The van der Waals surface area contributed by atoms with Crippen molar-refractivity contribution in [2.45, 2.75) is 33.2 Å². The predicted octanol–water partition coefficient (Wildman–Crippen LogP) is 3.60. The Kier molecular flexibility index (Phi) is 4.26. The van der Waals surface area contributed by atoms with Crippen LogP contribution in [-0.4, -0.2) is 28.9 Å². The number of carbonyl (C=O) groups excluding carboxylic acids is 1. The fraction of sp³-hybridized carbons (Fsp3) is 0.467. The molecule has 0 aliphatic carbocycles. The molecule has 112 valence electrons. The van der Waals surface area contributed by atoms with Gasteiger partial charge in [0.25, 0.3) is 0 Å². The van der Waals surface area contributed by atoms with Crippen molar-refractivity contribution in [3.8, 4) is 10.6 Å². The van der Waals surface area contributed by atoms with Gasteiger partial charge in [0.05, 0.1) is 10.6 Å². The Bertz CT molecular complexity index is 647. The maximum absolute atomic E-state index is 11.5. The van der Waals surface area contributed by atoms with Crippen LogP contribution in [-0.2, 0) is 17.8 Å². The highest BCUT2D eigenvalue weighted by atomic mass is 32.1. The molecule has 3 heterocycles. The number of carbonyl (C=O) groups is 1. The summed E-state index contributed by atoms with van der Waals surface area (Å²) in [5.74, 6) is 0.160. The molecular weight excluding hydrogens is 302 g/mol. The molecule has 1 amide bonds. The fourth-order valence-electron chi connectivity index (χ4n) is 2.43. The maximum atomic E-state index is 11.5. The van der Waals surface area contributed by atoms with E-state index in [2.05, 4.69) is 28.7 Å². The second-order valence-electron chi connectivity index (χ2n) is 5.21. The van der Waals surface area contributed by atoms with Gasteiger partial charge in [-0.15, -0.1) is 22.7 Å². The fourth-order valence-corrected chi connectivity index (χ4v) is 4.37. The molecule has 2 aromatic rings. The smallest absolute Gasteiger partial charge is 0.219 e. The van der Waals surface area contributed by atoms with Crippen LogP contribution in [0.5, 0.6) is 0 Å². The summed E-state index contributed by atoms with van der Waals surface area (Å²) < 4.78 is 0. The average molecular weight is 321 g/mol. The third kappa shape index (κ3) is 3.11. The lowest BCUT2D eigenvalue weighted by Crippen LogP contribution is -2.33.